The van der Waals surface area contributed by atoms with Crippen LogP contribution in [0, 0.1) is 0 Å². The Labute approximate surface area is 358 Å². The van der Waals surface area contributed by atoms with E-state index >= 15 is 0 Å². The van der Waals surface area contributed by atoms with Gasteiger partial charge in [-0.05, 0) is 92.4 Å². The molecule has 0 amide bonds. The van der Waals surface area contributed by atoms with E-state index in [1.807, 2.05) is 11.8 Å². The van der Waals surface area contributed by atoms with Crippen LogP contribution in [0.3, 0.4) is 0 Å². The second kappa shape index (κ2) is 13.3. The Hall–Kier alpha value is -7.46. The molecule has 1 spiro atoms. The molecule has 0 N–H and O–H groups in total. The predicted molar refractivity (Wildman–Crippen MR) is 254 cm³/mol. The lowest BCUT2D eigenvalue weighted by Crippen LogP contribution is -2.31. The Morgan fingerprint density at radius 3 is 1.69 bits per heavy atom. The number of fused-ring (bicyclic) bond motifs is 13. The first-order valence-electron chi connectivity index (χ1n) is 21.0. The van der Waals surface area contributed by atoms with E-state index in [-0.39, 0.29) is 0 Å². The fraction of sp³-hybridized carbons (Fsp3) is 0.0172. The van der Waals surface area contributed by atoms with Crippen LogP contribution in [-0.2, 0) is 5.41 Å². The second-order valence-corrected chi connectivity index (χ2v) is 17.3. The molecule has 0 radical (unpaired) electrons. The summed E-state index contributed by atoms with van der Waals surface area (Å²) in [6.45, 7) is 0. The number of nitrogens with zero attached hydrogens (tertiary/aromatic N) is 2. The molecular formula is C58H36N2S. The monoisotopic (exact) mass is 792 g/mol. The standard InChI is InChI=1S/C58H36N2S/c1-3-17-37(18-4-1)39-33-51(38-19-5-2-6-20-38)59-52(34-39)43-31-32-54(44-24-8-7-21-40(43)44)60-53-29-15-11-25-45(53)46-35-50-57(36-55(46)60)61-56-30-16-14-28-49(56)58(50)47-26-12-9-22-41(47)42-23-10-13-27-48(42)58/h1-36H. The largest absolute Gasteiger partial charge is 0.309 e. The van der Waals surface area contributed by atoms with Crippen LogP contribution in [0.25, 0.3) is 83.0 Å². The minimum atomic E-state index is -0.435. The van der Waals surface area contributed by atoms with Crippen LogP contribution in [0.15, 0.2) is 228 Å². The zero-order chi connectivity index (χ0) is 40.1. The first-order valence-corrected chi connectivity index (χ1v) is 21.8. The highest BCUT2D eigenvalue weighted by Gasteiger charge is 2.50. The summed E-state index contributed by atoms with van der Waals surface area (Å²) in [6.07, 6.45) is 0. The van der Waals surface area contributed by atoms with Gasteiger partial charge in [-0.15, -0.1) is 0 Å². The molecule has 2 aromatic heterocycles. The van der Waals surface area contributed by atoms with Gasteiger partial charge in [-0.3, -0.25) is 0 Å². The summed E-state index contributed by atoms with van der Waals surface area (Å²) < 4.78 is 2.50. The van der Waals surface area contributed by atoms with Crippen molar-refractivity contribution in [3.63, 3.8) is 0 Å². The summed E-state index contributed by atoms with van der Waals surface area (Å²) in [5.74, 6) is 0. The van der Waals surface area contributed by atoms with E-state index < -0.39 is 5.41 Å². The average molecular weight is 793 g/mol. The third-order valence-corrected chi connectivity index (χ3v) is 14.2. The molecule has 9 aromatic carbocycles. The van der Waals surface area contributed by atoms with Crippen molar-refractivity contribution in [3.8, 4) is 50.5 Å². The van der Waals surface area contributed by atoms with Gasteiger partial charge in [0.1, 0.15) is 0 Å². The van der Waals surface area contributed by atoms with Crippen LogP contribution in [0.4, 0.5) is 0 Å². The number of hydrogen-bond donors (Lipinski definition) is 0. The number of aromatic nitrogens is 2. The Kier molecular flexibility index (Phi) is 7.49. The molecule has 2 aliphatic rings. The van der Waals surface area contributed by atoms with Crippen molar-refractivity contribution >= 4 is 44.3 Å². The van der Waals surface area contributed by atoms with Crippen molar-refractivity contribution in [2.45, 2.75) is 15.2 Å². The molecule has 0 bridgehead atoms. The number of para-hydroxylation sites is 1. The second-order valence-electron chi connectivity index (χ2n) is 16.2. The van der Waals surface area contributed by atoms with Crippen LogP contribution < -0.4 is 0 Å². The lowest BCUT2D eigenvalue weighted by molar-refractivity contribution is 0.724. The minimum Gasteiger partial charge on any atom is -0.309 e. The Morgan fingerprint density at radius 2 is 0.934 bits per heavy atom. The first-order chi connectivity index (χ1) is 30.3. The average Bonchev–Trinajstić information content (AvgIpc) is 3.81. The van der Waals surface area contributed by atoms with E-state index in [1.165, 1.54) is 81.3 Å². The predicted octanol–water partition coefficient (Wildman–Crippen LogP) is 15.2. The van der Waals surface area contributed by atoms with Crippen LogP contribution in [-0.4, -0.2) is 9.55 Å². The van der Waals surface area contributed by atoms with E-state index in [4.69, 9.17) is 4.98 Å². The third-order valence-electron chi connectivity index (χ3n) is 13.1. The normalized spacial score (nSPS) is 13.3. The highest BCUT2D eigenvalue weighted by atomic mass is 32.2. The van der Waals surface area contributed by atoms with Gasteiger partial charge >= 0.3 is 0 Å². The highest BCUT2D eigenvalue weighted by Crippen LogP contribution is 2.62. The third kappa shape index (κ3) is 4.96. The number of pyridine rings is 1. The fourth-order valence-corrected chi connectivity index (χ4v) is 11.7. The highest BCUT2D eigenvalue weighted by molar-refractivity contribution is 7.99. The van der Waals surface area contributed by atoms with Crippen LogP contribution in [0.5, 0.6) is 0 Å². The van der Waals surface area contributed by atoms with Gasteiger partial charge in [0.05, 0.1) is 33.5 Å². The Bertz CT molecular complexity index is 3460. The van der Waals surface area contributed by atoms with Gasteiger partial charge in [0.25, 0.3) is 0 Å². The molecule has 11 aromatic rings. The Balaban J connectivity index is 1.07. The molecular weight excluding hydrogens is 757 g/mol. The van der Waals surface area contributed by atoms with Gasteiger partial charge in [-0.1, -0.05) is 188 Å². The molecule has 1 aliphatic carbocycles. The minimum absolute atomic E-state index is 0.435. The summed E-state index contributed by atoms with van der Waals surface area (Å²) in [5, 5.41) is 4.86. The summed E-state index contributed by atoms with van der Waals surface area (Å²) in [5.41, 5.74) is 17.6. The van der Waals surface area contributed by atoms with Gasteiger partial charge < -0.3 is 4.57 Å². The van der Waals surface area contributed by atoms with Crippen LogP contribution in [0.1, 0.15) is 22.3 Å². The zero-order valence-corrected chi connectivity index (χ0v) is 33.9. The van der Waals surface area contributed by atoms with E-state index in [9.17, 15) is 0 Å². The van der Waals surface area contributed by atoms with Gasteiger partial charge in [0.2, 0.25) is 0 Å². The molecule has 0 unspecified atom stereocenters. The van der Waals surface area contributed by atoms with Crippen molar-refractivity contribution < 1.29 is 0 Å². The van der Waals surface area contributed by atoms with Crippen molar-refractivity contribution in [1.29, 1.82) is 0 Å². The molecule has 2 nitrogen and oxygen atoms in total. The van der Waals surface area contributed by atoms with E-state index in [2.05, 4.69) is 223 Å². The van der Waals surface area contributed by atoms with Crippen molar-refractivity contribution in [2.75, 3.05) is 0 Å². The van der Waals surface area contributed by atoms with Gasteiger partial charge in [0, 0.05) is 37.1 Å². The van der Waals surface area contributed by atoms with Crippen LogP contribution in [0.2, 0.25) is 0 Å². The summed E-state index contributed by atoms with van der Waals surface area (Å²) in [7, 11) is 0. The zero-order valence-electron chi connectivity index (χ0n) is 33.1. The summed E-state index contributed by atoms with van der Waals surface area (Å²) in [4.78, 5) is 7.96. The molecule has 1 aliphatic heterocycles. The van der Waals surface area contributed by atoms with Crippen molar-refractivity contribution in [2.24, 2.45) is 0 Å². The number of rotatable bonds is 4. The van der Waals surface area contributed by atoms with Crippen LogP contribution >= 0.6 is 11.8 Å². The summed E-state index contributed by atoms with van der Waals surface area (Å²) >= 11 is 1.90. The van der Waals surface area contributed by atoms with E-state index in [0.717, 1.165) is 33.8 Å². The maximum Gasteiger partial charge on any atom is 0.0735 e. The smallest absolute Gasteiger partial charge is 0.0735 e. The van der Waals surface area contributed by atoms with Gasteiger partial charge in [-0.25, -0.2) is 4.98 Å². The lowest BCUT2D eigenvalue weighted by atomic mass is 9.67. The summed E-state index contributed by atoms with van der Waals surface area (Å²) in [6, 6.07) is 80.2. The molecule has 0 saturated carbocycles. The maximum absolute atomic E-state index is 5.37. The van der Waals surface area contributed by atoms with Crippen molar-refractivity contribution in [1.82, 2.24) is 9.55 Å². The molecule has 61 heavy (non-hydrogen) atoms. The first kappa shape index (κ1) is 34.4. The van der Waals surface area contributed by atoms with E-state index in [0.29, 0.717) is 0 Å². The number of benzene rings is 9. The van der Waals surface area contributed by atoms with E-state index in [1.54, 1.807) is 0 Å². The molecule has 0 atom stereocenters. The molecule has 3 heterocycles. The molecule has 284 valence electrons. The topological polar surface area (TPSA) is 17.8 Å². The van der Waals surface area contributed by atoms with Gasteiger partial charge in [-0.2, -0.15) is 0 Å². The lowest BCUT2D eigenvalue weighted by Gasteiger charge is -2.39. The SMILES string of the molecule is c1ccc(-c2cc(-c3ccccc3)nc(-c3ccc(-n4c5ccccc5c5cc6c(cc54)Sc4ccccc4C64c5ccccc5-c5ccccc54)c4ccccc34)c2)cc1. The van der Waals surface area contributed by atoms with Crippen molar-refractivity contribution in [3.05, 3.63) is 241 Å². The molecule has 0 fully saturated rings. The maximum atomic E-state index is 5.37. The number of hydrogen-bond acceptors (Lipinski definition) is 2. The molecule has 3 heteroatoms. The quantitative estimate of drug-likeness (QED) is 0.177. The fourth-order valence-electron chi connectivity index (χ4n) is 10.5. The Morgan fingerprint density at radius 1 is 0.344 bits per heavy atom. The van der Waals surface area contributed by atoms with Gasteiger partial charge in [0.15, 0.2) is 0 Å². The molecule has 0 saturated heterocycles. The molecule has 13 rings (SSSR count).